The Balaban J connectivity index is 1.58. The van der Waals surface area contributed by atoms with Crippen LogP contribution < -0.4 is 25.5 Å². The van der Waals surface area contributed by atoms with E-state index >= 15 is 4.79 Å². The average molecular weight is 832 g/mol. The van der Waals surface area contributed by atoms with Gasteiger partial charge in [0.1, 0.15) is 16.4 Å². The van der Waals surface area contributed by atoms with Gasteiger partial charge in [0, 0.05) is 9.92 Å². The van der Waals surface area contributed by atoms with E-state index in [1.54, 1.807) is 42.5 Å². The van der Waals surface area contributed by atoms with Gasteiger partial charge in [0.25, 0.3) is 11.5 Å². The third-order valence-corrected chi connectivity index (χ3v) is 13.0. The van der Waals surface area contributed by atoms with Crippen molar-refractivity contribution in [1.82, 2.24) is 14.1 Å². The number of aromatic amines is 1. The first-order valence-electron chi connectivity index (χ1n) is 18.9. The van der Waals surface area contributed by atoms with E-state index in [2.05, 4.69) is 58.2 Å². The normalized spacial score (nSPS) is 19.0. The molecule has 1 amide bonds. The van der Waals surface area contributed by atoms with Crippen LogP contribution in [0.15, 0.2) is 93.6 Å². The molecule has 0 saturated heterocycles. The molecule has 5 aromatic rings. The molecule has 1 aliphatic rings. The van der Waals surface area contributed by atoms with E-state index in [9.17, 15) is 18.0 Å². The maximum absolute atomic E-state index is 15.0. The van der Waals surface area contributed by atoms with E-state index in [0.717, 1.165) is 23.3 Å². The zero-order valence-electron chi connectivity index (χ0n) is 33.4. The minimum atomic E-state index is -4.50. The number of hydrogen-bond donors (Lipinski definition) is 4. The zero-order valence-corrected chi connectivity index (χ0v) is 35.8. The number of rotatable bonds is 9. The predicted molar refractivity (Wildman–Crippen MR) is 228 cm³/mol. The van der Waals surface area contributed by atoms with Gasteiger partial charge in [-0.15, -0.1) is 0 Å². The molecule has 3 aromatic carbocycles. The second-order valence-corrected chi connectivity index (χ2v) is 20.1. The first kappa shape index (κ1) is 41.9. The highest BCUT2D eigenvalue weighted by atomic mass is 35.5. The topological polar surface area (TPSA) is 165 Å². The highest BCUT2D eigenvalue weighted by Gasteiger charge is 2.50. The molecule has 0 spiro atoms. The van der Waals surface area contributed by atoms with Crippen molar-refractivity contribution in [1.29, 1.82) is 0 Å². The number of halogens is 1. The van der Waals surface area contributed by atoms with Gasteiger partial charge in [-0.1, -0.05) is 120 Å². The molecule has 0 bridgehead atoms. The Labute approximate surface area is 343 Å². The molecule has 2 aromatic heterocycles. The van der Waals surface area contributed by atoms with Crippen LogP contribution in [0.2, 0.25) is 5.02 Å². The van der Waals surface area contributed by atoms with Crippen molar-refractivity contribution < 1.29 is 22.7 Å². The molecular formula is C43H50ClN5O6S2. The molecule has 14 heteroatoms. The summed E-state index contributed by atoms with van der Waals surface area (Å²) in [7, 11) is -4.50. The number of benzene rings is 3. The van der Waals surface area contributed by atoms with Crippen molar-refractivity contribution in [3.63, 3.8) is 0 Å². The van der Waals surface area contributed by atoms with Crippen LogP contribution in [0.4, 0.5) is 11.5 Å². The van der Waals surface area contributed by atoms with Crippen LogP contribution in [0.1, 0.15) is 77.2 Å². The molecule has 5 N–H and O–H groups in total. The second-order valence-electron chi connectivity index (χ2n) is 17.2. The Morgan fingerprint density at radius 1 is 0.912 bits per heavy atom. The smallest absolute Gasteiger partial charge is 0.323 e. The summed E-state index contributed by atoms with van der Waals surface area (Å²) in [5.41, 5.74) is 6.63. The number of esters is 1. The van der Waals surface area contributed by atoms with Crippen LogP contribution in [0.5, 0.6) is 5.75 Å². The summed E-state index contributed by atoms with van der Waals surface area (Å²) < 4.78 is 38.2. The SMILES string of the molecule is Cc1ccc(Sc2c(-c3ccc(Cl)cc3)c(OC(=O)C3C(C(C)(C)C)CC(C)CC3C(C)(C)C)c3[nH]c(N)c(C(=O)NS(=O)(=O)Nc4ccccc4)c(=O)n23)cc1. The number of H-pyrrole nitrogens is 1. The molecule has 11 nitrogen and oxygen atoms in total. The number of fused-ring (bicyclic) bond motifs is 1. The van der Waals surface area contributed by atoms with Gasteiger partial charge in [-0.2, -0.15) is 8.42 Å². The van der Waals surface area contributed by atoms with Gasteiger partial charge < -0.3 is 15.5 Å². The number of nitrogens with two attached hydrogens (primary N) is 1. The molecule has 1 saturated carbocycles. The number of nitrogen functional groups attached to an aromatic ring is 1. The van der Waals surface area contributed by atoms with Crippen molar-refractivity contribution in [2.75, 3.05) is 10.5 Å². The third kappa shape index (κ3) is 9.05. The molecule has 1 fully saturated rings. The van der Waals surface area contributed by atoms with Gasteiger partial charge >= 0.3 is 16.2 Å². The van der Waals surface area contributed by atoms with Gasteiger partial charge in [-0.3, -0.25) is 23.5 Å². The molecule has 302 valence electrons. The van der Waals surface area contributed by atoms with Gasteiger partial charge in [0.2, 0.25) is 0 Å². The lowest BCUT2D eigenvalue weighted by Gasteiger charge is -2.49. The molecule has 2 heterocycles. The van der Waals surface area contributed by atoms with Crippen LogP contribution in [0, 0.1) is 41.4 Å². The van der Waals surface area contributed by atoms with E-state index in [1.165, 1.54) is 28.3 Å². The molecule has 0 aliphatic heterocycles. The fourth-order valence-electron chi connectivity index (χ4n) is 7.94. The van der Waals surface area contributed by atoms with Crippen LogP contribution >= 0.6 is 23.4 Å². The Bertz CT molecular complexity index is 2450. The number of carbonyl (C=O) groups excluding carboxylic acids is 2. The summed E-state index contributed by atoms with van der Waals surface area (Å²) in [6.45, 7) is 17.1. The largest absolute Gasteiger partial charge is 0.422 e. The molecule has 2 atom stereocenters. The number of anilines is 2. The van der Waals surface area contributed by atoms with Gasteiger partial charge in [0.15, 0.2) is 11.4 Å². The van der Waals surface area contributed by atoms with E-state index in [4.69, 9.17) is 22.1 Å². The molecule has 6 rings (SSSR count). The number of nitrogens with one attached hydrogen (secondary N) is 3. The molecule has 0 radical (unpaired) electrons. The van der Waals surface area contributed by atoms with Crippen LogP contribution in [0.25, 0.3) is 16.8 Å². The van der Waals surface area contributed by atoms with Gasteiger partial charge in [-0.25, -0.2) is 4.72 Å². The fraction of sp³-hybridized carbons (Fsp3) is 0.372. The Hall–Kier alpha value is -4.72. The van der Waals surface area contributed by atoms with E-state index in [0.29, 0.717) is 27.1 Å². The summed E-state index contributed by atoms with van der Waals surface area (Å²) in [5.74, 6) is -2.19. The number of hydrogen-bond acceptors (Lipinski definition) is 8. The molecule has 57 heavy (non-hydrogen) atoms. The Kier molecular flexibility index (Phi) is 11.7. The fourth-order valence-corrected chi connectivity index (χ4v) is 9.98. The number of para-hydroxylation sites is 1. The summed E-state index contributed by atoms with van der Waals surface area (Å²) in [5, 5.41) is 0.771. The quantitative estimate of drug-likeness (QED) is 0.107. The maximum atomic E-state index is 15.0. The second kappa shape index (κ2) is 15.9. The van der Waals surface area contributed by atoms with Crippen molar-refractivity contribution in [2.24, 2.45) is 34.5 Å². The monoisotopic (exact) mass is 831 g/mol. The molecular weight excluding hydrogens is 782 g/mol. The van der Waals surface area contributed by atoms with E-state index < -0.39 is 44.9 Å². The molecule has 2 unspecified atom stereocenters. The van der Waals surface area contributed by atoms with Crippen LogP contribution in [0.3, 0.4) is 0 Å². The van der Waals surface area contributed by atoms with Crippen molar-refractivity contribution >= 4 is 62.6 Å². The van der Waals surface area contributed by atoms with Crippen molar-refractivity contribution in [3.05, 3.63) is 105 Å². The predicted octanol–water partition coefficient (Wildman–Crippen LogP) is 9.35. The summed E-state index contributed by atoms with van der Waals surface area (Å²) >= 11 is 7.57. The van der Waals surface area contributed by atoms with Crippen molar-refractivity contribution in [3.8, 4) is 16.9 Å². The number of aromatic nitrogens is 2. The number of ether oxygens (including phenoxy) is 1. The summed E-state index contributed by atoms with van der Waals surface area (Å²) in [6.07, 6.45) is 1.68. The minimum absolute atomic E-state index is 0.0156. The third-order valence-electron chi connectivity index (χ3n) is 10.7. The number of amides is 1. The minimum Gasteiger partial charge on any atom is -0.422 e. The number of nitrogens with zero attached hydrogens (tertiary/aromatic N) is 1. The number of aryl methyl sites for hydroxylation is 1. The Morgan fingerprint density at radius 3 is 2.05 bits per heavy atom. The van der Waals surface area contributed by atoms with Crippen LogP contribution in [-0.4, -0.2) is 29.7 Å². The lowest BCUT2D eigenvalue weighted by atomic mass is 9.55. The summed E-state index contributed by atoms with van der Waals surface area (Å²) in [4.78, 5) is 47.2. The summed E-state index contributed by atoms with van der Waals surface area (Å²) in [6, 6.07) is 22.5. The molecule has 1 aliphatic carbocycles. The number of carbonyl (C=O) groups is 2. The maximum Gasteiger partial charge on any atom is 0.323 e. The zero-order chi connectivity index (χ0) is 41.6. The van der Waals surface area contributed by atoms with Crippen LogP contribution in [-0.2, 0) is 15.0 Å². The highest BCUT2D eigenvalue weighted by Crippen LogP contribution is 2.53. The van der Waals surface area contributed by atoms with Gasteiger partial charge in [-0.05, 0) is 90.3 Å². The Morgan fingerprint density at radius 2 is 1.49 bits per heavy atom. The van der Waals surface area contributed by atoms with E-state index in [-0.39, 0.29) is 39.7 Å². The average Bonchev–Trinajstić information content (AvgIpc) is 3.40. The standard InChI is InChI=1S/C43H50ClN5O6S2/c1-24-14-20-29(21-15-24)56-40-32(26-16-18-27(44)19-17-26)35(55-41(52)33-30(42(3,4)5)22-25(2)23-31(33)43(6,7)8)37-46-36(45)34(39(51)49(37)40)38(50)48-57(53,54)47-28-12-10-9-11-13-28/h9-21,25,30-31,33,46-47H,22-23,45H2,1-8H3,(H,48,50). The lowest BCUT2D eigenvalue weighted by Crippen LogP contribution is -2.48. The van der Waals surface area contributed by atoms with Crippen molar-refractivity contribution in [2.45, 2.75) is 78.2 Å². The van der Waals surface area contributed by atoms with E-state index in [1.807, 2.05) is 35.9 Å². The van der Waals surface area contributed by atoms with Gasteiger partial charge in [0.05, 0.1) is 17.2 Å². The first-order chi connectivity index (χ1) is 26.6. The first-order valence-corrected chi connectivity index (χ1v) is 21.5. The lowest BCUT2D eigenvalue weighted by molar-refractivity contribution is -0.152. The highest BCUT2D eigenvalue weighted by molar-refractivity contribution is 7.99.